The van der Waals surface area contributed by atoms with E-state index in [0.717, 1.165) is 27.1 Å². The second-order valence-electron chi connectivity index (χ2n) is 8.44. The zero-order valence-electron chi connectivity index (χ0n) is 14.7. The summed E-state index contributed by atoms with van der Waals surface area (Å²) in [5.41, 5.74) is 0.250. The quantitative estimate of drug-likeness (QED) is 0.889. The van der Waals surface area contributed by atoms with Crippen LogP contribution in [0.25, 0.3) is 10.1 Å². The van der Waals surface area contributed by atoms with Gasteiger partial charge in [0.25, 0.3) is 5.91 Å². The Labute approximate surface area is 151 Å². The summed E-state index contributed by atoms with van der Waals surface area (Å²) in [5.74, 6) is 0.667. The van der Waals surface area contributed by atoms with Crippen LogP contribution in [-0.4, -0.2) is 40.6 Å². The van der Waals surface area contributed by atoms with Crippen molar-refractivity contribution in [2.75, 3.05) is 13.1 Å². The lowest BCUT2D eigenvalue weighted by Gasteiger charge is -2.33. The van der Waals surface area contributed by atoms with Gasteiger partial charge in [0.05, 0.1) is 16.5 Å². The molecule has 4 nitrogen and oxygen atoms in total. The first-order valence-corrected chi connectivity index (χ1v) is 10.0. The number of carbonyl (C=O) groups is 1. The summed E-state index contributed by atoms with van der Waals surface area (Å²) in [6.07, 6.45) is 3.66. The first kappa shape index (κ1) is 15.8. The summed E-state index contributed by atoms with van der Waals surface area (Å²) in [7, 11) is 0. The number of thiophene rings is 1. The largest absolute Gasteiger partial charge is 0.386 e. The van der Waals surface area contributed by atoms with E-state index in [9.17, 15) is 9.90 Å². The molecule has 3 aliphatic rings. The maximum atomic E-state index is 12.9. The molecule has 2 unspecified atom stereocenters. The van der Waals surface area contributed by atoms with E-state index in [1.807, 2.05) is 24.3 Å². The molecule has 2 aromatic rings. The Hall–Kier alpha value is -1.43. The Morgan fingerprint density at radius 3 is 2.92 bits per heavy atom. The first-order chi connectivity index (χ1) is 11.9. The molecule has 3 atom stereocenters. The summed E-state index contributed by atoms with van der Waals surface area (Å²) in [6, 6.07) is 8.20. The maximum absolute atomic E-state index is 12.9. The van der Waals surface area contributed by atoms with E-state index in [0.29, 0.717) is 12.0 Å². The number of aliphatic hydroxyl groups is 1. The third-order valence-electron chi connectivity index (χ3n) is 6.38. The van der Waals surface area contributed by atoms with Gasteiger partial charge in [-0.2, -0.15) is 0 Å². The van der Waals surface area contributed by atoms with E-state index in [4.69, 9.17) is 0 Å². The molecule has 1 amide bonds. The Balaban J connectivity index is 1.45. The molecule has 1 spiro atoms. The van der Waals surface area contributed by atoms with Crippen molar-refractivity contribution in [3.63, 3.8) is 0 Å². The lowest BCUT2D eigenvalue weighted by Crippen LogP contribution is -2.51. The van der Waals surface area contributed by atoms with E-state index in [2.05, 4.69) is 10.2 Å². The zero-order valence-corrected chi connectivity index (χ0v) is 15.5. The number of amides is 1. The zero-order chi connectivity index (χ0) is 17.4. The molecule has 5 rings (SSSR count). The Kier molecular flexibility index (Phi) is 3.20. The Bertz CT molecular complexity index is 862. The minimum Gasteiger partial charge on any atom is -0.386 e. The lowest BCUT2D eigenvalue weighted by molar-refractivity contribution is 0.0803. The highest BCUT2D eigenvalue weighted by Gasteiger charge is 2.63. The highest BCUT2D eigenvalue weighted by Crippen LogP contribution is 2.55. The predicted octanol–water partition coefficient (Wildman–Crippen LogP) is 3.10. The number of rotatable bonds is 3. The van der Waals surface area contributed by atoms with E-state index < -0.39 is 5.60 Å². The number of nitrogens with zero attached hydrogens (tertiary/aromatic N) is 1. The van der Waals surface area contributed by atoms with E-state index in [1.54, 1.807) is 13.8 Å². The molecular weight excluding hydrogens is 332 g/mol. The van der Waals surface area contributed by atoms with Gasteiger partial charge in [0, 0.05) is 22.3 Å². The molecule has 2 saturated heterocycles. The minimum atomic E-state index is -0.909. The number of nitrogens with one attached hydrogen (secondary N) is 1. The summed E-state index contributed by atoms with van der Waals surface area (Å²) >= 11 is 1.50. The summed E-state index contributed by atoms with van der Waals surface area (Å²) in [6.45, 7) is 5.94. The normalized spacial score (nSPS) is 29.5. The van der Waals surface area contributed by atoms with Crippen molar-refractivity contribution in [1.82, 2.24) is 10.2 Å². The lowest BCUT2D eigenvalue weighted by atomic mass is 9.92. The average Bonchev–Trinajstić information content (AvgIpc) is 2.96. The van der Waals surface area contributed by atoms with Crippen LogP contribution in [-0.2, 0) is 5.60 Å². The molecule has 25 heavy (non-hydrogen) atoms. The van der Waals surface area contributed by atoms with Crippen LogP contribution < -0.4 is 5.32 Å². The van der Waals surface area contributed by atoms with Crippen molar-refractivity contribution >= 4 is 27.3 Å². The van der Waals surface area contributed by atoms with Crippen LogP contribution in [0.15, 0.2) is 24.3 Å². The van der Waals surface area contributed by atoms with Gasteiger partial charge in [-0.05, 0) is 57.0 Å². The highest BCUT2D eigenvalue weighted by molar-refractivity contribution is 7.21. The van der Waals surface area contributed by atoms with E-state index in [-0.39, 0.29) is 11.4 Å². The molecule has 2 N–H and O–H groups in total. The molecule has 3 heterocycles. The summed E-state index contributed by atoms with van der Waals surface area (Å²) in [4.78, 5) is 16.3. The molecule has 1 aromatic heterocycles. The van der Waals surface area contributed by atoms with Crippen molar-refractivity contribution in [3.8, 4) is 0 Å². The van der Waals surface area contributed by atoms with E-state index >= 15 is 0 Å². The van der Waals surface area contributed by atoms with Crippen molar-refractivity contribution < 1.29 is 9.90 Å². The van der Waals surface area contributed by atoms with Crippen molar-refractivity contribution in [1.29, 1.82) is 0 Å². The molecule has 5 heteroatoms. The molecule has 1 saturated carbocycles. The molecular formula is C20H24N2O2S. The topological polar surface area (TPSA) is 52.6 Å². The van der Waals surface area contributed by atoms with Gasteiger partial charge in [-0.1, -0.05) is 18.2 Å². The second-order valence-corrected chi connectivity index (χ2v) is 9.50. The molecule has 2 aliphatic heterocycles. The molecule has 3 fully saturated rings. The van der Waals surface area contributed by atoms with Crippen LogP contribution in [0.2, 0.25) is 0 Å². The molecule has 2 bridgehead atoms. The van der Waals surface area contributed by atoms with Crippen molar-refractivity contribution in [2.24, 2.45) is 5.92 Å². The first-order valence-electron chi connectivity index (χ1n) is 9.20. The SMILES string of the molecule is CC(C)(O)c1cccc2cc(C(=O)N[C@@H]3C4CCN(C4)C34CC4)sc12. The highest BCUT2D eigenvalue weighted by atomic mass is 32.1. The van der Waals surface area contributed by atoms with Crippen molar-refractivity contribution in [2.45, 2.75) is 50.3 Å². The van der Waals surface area contributed by atoms with Gasteiger partial charge in [-0.15, -0.1) is 11.3 Å². The standard InChI is InChI=1S/C20H24N2O2S/c1-19(2,24)14-5-3-4-12-10-15(25-16(12)14)18(23)21-17-13-6-9-22(11-13)20(17)7-8-20/h3-5,10,13,17,24H,6-9,11H2,1-2H3,(H,21,23)/t13?,17-/m1/s1. The molecule has 0 radical (unpaired) electrons. The number of hydrogen-bond donors (Lipinski definition) is 2. The molecule has 132 valence electrons. The van der Waals surface area contributed by atoms with Crippen molar-refractivity contribution in [3.05, 3.63) is 34.7 Å². The Morgan fingerprint density at radius 2 is 2.20 bits per heavy atom. The van der Waals surface area contributed by atoms with Gasteiger partial charge in [0.15, 0.2) is 0 Å². The maximum Gasteiger partial charge on any atom is 0.261 e. The number of benzene rings is 1. The summed E-state index contributed by atoms with van der Waals surface area (Å²) in [5, 5.41) is 14.8. The third-order valence-corrected chi connectivity index (χ3v) is 7.56. The van der Waals surface area contributed by atoms with Gasteiger partial charge in [0.2, 0.25) is 0 Å². The minimum absolute atomic E-state index is 0.0490. The fraction of sp³-hybridized carbons (Fsp3) is 0.550. The average molecular weight is 356 g/mol. The Morgan fingerprint density at radius 1 is 1.40 bits per heavy atom. The van der Waals surface area contributed by atoms with E-state index in [1.165, 1.54) is 37.1 Å². The second kappa shape index (κ2) is 5.06. The monoisotopic (exact) mass is 356 g/mol. The number of fused-ring (bicyclic) bond motifs is 4. The summed E-state index contributed by atoms with van der Waals surface area (Å²) < 4.78 is 1.01. The fourth-order valence-electron chi connectivity index (χ4n) is 4.98. The van der Waals surface area contributed by atoms with Gasteiger partial charge < -0.3 is 10.4 Å². The number of hydrogen-bond acceptors (Lipinski definition) is 4. The van der Waals surface area contributed by atoms with Gasteiger partial charge >= 0.3 is 0 Å². The van der Waals surface area contributed by atoms with Crippen LogP contribution in [0.1, 0.15) is 48.3 Å². The number of carbonyl (C=O) groups excluding carboxylic acids is 1. The van der Waals surface area contributed by atoms with Gasteiger partial charge in [-0.3, -0.25) is 9.69 Å². The predicted molar refractivity (Wildman–Crippen MR) is 100.0 cm³/mol. The van der Waals surface area contributed by atoms with Crippen LogP contribution in [0, 0.1) is 5.92 Å². The molecule has 1 aliphatic carbocycles. The van der Waals surface area contributed by atoms with Gasteiger partial charge in [0.1, 0.15) is 0 Å². The van der Waals surface area contributed by atoms with Crippen LogP contribution in [0.3, 0.4) is 0 Å². The van der Waals surface area contributed by atoms with Gasteiger partial charge in [-0.25, -0.2) is 0 Å². The molecule has 1 aromatic carbocycles. The van der Waals surface area contributed by atoms with Crippen LogP contribution in [0.4, 0.5) is 0 Å². The third kappa shape index (κ3) is 2.29. The van der Waals surface area contributed by atoms with Crippen LogP contribution in [0.5, 0.6) is 0 Å². The smallest absolute Gasteiger partial charge is 0.261 e. The van der Waals surface area contributed by atoms with Crippen LogP contribution >= 0.6 is 11.3 Å². The number of piperidine rings is 1. The fourth-order valence-corrected chi connectivity index (χ4v) is 6.21.